The van der Waals surface area contributed by atoms with Gasteiger partial charge in [0.1, 0.15) is 0 Å². The highest BCUT2D eigenvalue weighted by Crippen LogP contribution is 2.36. The topological polar surface area (TPSA) is 38.3 Å². The number of benzene rings is 2. The molecular weight excluding hydrogens is 421 g/mol. The molecule has 0 aliphatic heterocycles. The van der Waals surface area contributed by atoms with Crippen LogP contribution in [-0.2, 0) is 0 Å². The minimum Gasteiger partial charge on any atom is -0.491 e. The molecule has 0 aliphatic rings. The lowest BCUT2D eigenvalue weighted by Crippen LogP contribution is -2.13. The van der Waals surface area contributed by atoms with Crippen LogP contribution >= 0.6 is 43.5 Å². The highest BCUT2D eigenvalue weighted by Gasteiger charge is 2.14. The highest BCUT2D eigenvalue weighted by atomic mass is 79.9. The molecule has 0 fully saturated rings. The summed E-state index contributed by atoms with van der Waals surface area (Å²) >= 11 is 12.8. The number of hydrogen-bond acceptors (Lipinski definition) is 2. The zero-order valence-electron chi connectivity index (χ0n) is 11.1. The highest BCUT2D eigenvalue weighted by molar-refractivity contribution is 9.10. The smallest absolute Gasteiger partial charge is 0.255 e. The van der Waals surface area contributed by atoms with Crippen molar-refractivity contribution in [2.24, 2.45) is 0 Å². The van der Waals surface area contributed by atoms with Crippen molar-refractivity contribution in [1.29, 1.82) is 0 Å². The fourth-order valence-electron chi connectivity index (χ4n) is 1.74. The zero-order chi connectivity index (χ0) is 15.4. The zero-order valence-corrected chi connectivity index (χ0v) is 15.0. The summed E-state index contributed by atoms with van der Waals surface area (Å²) < 4.78 is 7.16. The SMILES string of the molecule is CCOc1c(Br)cc(Cl)cc1NC(=O)c1ccc(Br)cc1. The molecule has 0 unspecified atom stereocenters. The summed E-state index contributed by atoms with van der Waals surface area (Å²) in [6.45, 7) is 2.36. The van der Waals surface area contributed by atoms with E-state index < -0.39 is 0 Å². The van der Waals surface area contributed by atoms with Crippen molar-refractivity contribution in [3.63, 3.8) is 0 Å². The first-order valence-corrected chi connectivity index (χ1v) is 8.16. The van der Waals surface area contributed by atoms with Crippen molar-refractivity contribution in [1.82, 2.24) is 0 Å². The Morgan fingerprint density at radius 3 is 2.52 bits per heavy atom. The molecule has 2 rings (SSSR count). The average molecular weight is 434 g/mol. The fraction of sp³-hybridized carbons (Fsp3) is 0.133. The molecule has 1 amide bonds. The summed E-state index contributed by atoms with van der Waals surface area (Å²) in [5.41, 5.74) is 1.08. The van der Waals surface area contributed by atoms with Crippen molar-refractivity contribution >= 4 is 55.1 Å². The van der Waals surface area contributed by atoms with Crippen molar-refractivity contribution in [2.75, 3.05) is 11.9 Å². The molecule has 0 heterocycles. The van der Waals surface area contributed by atoms with Crippen LogP contribution in [0, 0.1) is 0 Å². The average Bonchev–Trinajstić information content (AvgIpc) is 2.43. The standard InChI is InChI=1S/C15H12Br2ClNO2/c1-2-21-14-12(17)7-11(18)8-13(14)19-15(20)9-3-5-10(16)6-4-9/h3-8H,2H2,1H3,(H,19,20). The third-order valence-electron chi connectivity index (χ3n) is 2.65. The van der Waals surface area contributed by atoms with Gasteiger partial charge in [-0.25, -0.2) is 0 Å². The fourth-order valence-corrected chi connectivity index (χ4v) is 2.93. The molecule has 0 saturated heterocycles. The number of halogens is 3. The van der Waals surface area contributed by atoms with Gasteiger partial charge in [-0.1, -0.05) is 27.5 Å². The van der Waals surface area contributed by atoms with Crippen LogP contribution in [-0.4, -0.2) is 12.5 Å². The van der Waals surface area contributed by atoms with Gasteiger partial charge in [0.05, 0.1) is 16.8 Å². The number of carbonyl (C=O) groups excluding carboxylic acids is 1. The Balaban J connectivity index is 2.29. The maximum absolute atomic E-state index is 12.3. The van der Waals surface area contributed by atoms with E-state index in [1.54, 1.807) is 24.3 Å². The van der Waals surface area contributed by atoms with Crippen LogP contribution in [0.15, 0.2) is 45.3 Å². The lowest BCUT2D eigenvalue weighted by atomic mass is 10.2. The van der Waals surface area contributed by atoms with E-state index in [1.807, 2.05) is 19.1 Å². The van der Waals surface area contributed by atoms with Gasteiger partial charge in [-0.05, 0) is 59.3 Å². The van der Waals surface area contributed by atoms with Gasteiger partial charge in [0, 0.05) is 15.1 Å². The lowest BCUT2D eigenvalue weighted by Gasteiger charge is -2.14. The summed E-state index contributed by atoms with van der Waals surface area (Å²) in [7, 11) is 0. The van der Waals surface area contributed by atoms with Crippen LogP contribution in [0.1, 0.15) is 17.3 Å². The first-order valence-electron chi connectivity index (χ1n) is 6.20. The first-order chi connectivity index (χ1) is 10.0. The number of ether oxygens (including phenoxy) is 1. The Morgan fingerprint density at radius 2 is 1.90 bits per heavy atom. The number of hydrogen-bond donors (Lipinski definition) is 1. The van der Waals surface area contributed by atoms with E-state index in [2.05, 4.69) is 37.2 Å². The molecule has 6 heteroatoms. The Morgan fingerprint density at radius 1 is 1.24 bits per heavy atom. The van der Waals surface area contributed by atoms with Gasteiger partial charge < -0.3 is 10.1 Å². The second-order valence-corrected chi connectivity index (χ2v) is 6.36. The quantitative estimate of drug-likeness (QED) is 0.690. The Kier molecular flexibility index (Phi) is 5.67. The number of carbonyl (C=O) groups is 1. The van der Waals surface area contributed by atoms with E-state index in [0.29, 0.717) is 33.1 Å². The first kappa shape index (κ1) is 16.3. The van der Waals surface area contributed by atoms with E-state index in [0.717, 1.165) is 4.47 Å². The number of nitrogens with one attached hydrogen (secondary N) is 1. The van der Waals surface area contributed by atoms with E-state index >= 15 is 0 Å². The lowest BCUT2D eigenvalue weighted by molar-refractivity contribution is 0.102. The predicted octanol–water partition coefficient (Wildman–Crippen LogP) is 5.52. The van der Waals surface area contributed by atoms with Gasteiger partial charge in [-0.2, -0.15) is 0 Å². The van der Waals surface area contributed by atoms with Crippen LogP contribution in [0.3, 0.4) is 0 Å². The van der Waals surface area contributed by atoms with Crippen molar-refractivity contribution in [3.05, 3.63) is 55.9 Å². The van der Waals surface area contributed by atoms with E-state index in [9.17, 15) is 4.79 Å². The minimum absolute atomic E-state index is 0.224. The summed E-state index contributed by atoms with van der Waals surface area (Å²) in [5, 5.41) is 3.33. The number of rotatable bonds is 4. The van der Waals surface area contributed by atoms with Crippen LogP contribution in [0.4, 0.5) is 5.69 Å². The van der Waals surface area contributed by atoms with Gasteiger partial charge in [-0.3, -0.25) is 4.79 Å². The van der Waals surface area contributed by atoms with Gasteiger partial charge in [0.15, 0.2) is 5.75 Å². The third-order valence-corrected chi connectivity index (χ3v) is 3.99. The van der Waals surface area contributed by atoms with Gasteiger partial charge in [-0.15, -0.1) is 0 Å². The van der Waals surface area contributed by atoms with E-state index in [1.165, 1.54) is 0 Å². The Labute approximate surface area is 144 Å². The maximum Gasteiger partial charge on any atom is 0.255 e. The van der Waals surface area contributed by atoms with Crippen molar-refractivity contribution in [2.45, 2.75) is 6.92 Å². The molecule has 21 heavy (non-hydrogen) atoms. The molecule has 110 valence electrons. The van der Waals surface area contributed by atoms with Crippen LogP contribution in [0.2, 0.25) is 5.02 Å². The third kappa shape index (κ3) is 4.22. The van der Waals surface area contributed by atoms with Gasteiger partial charge in [0.25, 0.3) is 5.91 Å². The summed E-state index contributed by atoms with van der Waals surface area (Å²) in [6.07, 6.45) is 0. The summed E-state index contributed by atoms with van der Waals surface area (Å²) in [5.74, 6) is 0.338. The largest absolute Gasteiger partial charge is 0.491 e. The van der Waals surface area contributed by atoms with Crippen LogP contribution < -0.4 is 10.1 Å². The Bertz CT molecular complexity index is 659. The molecule has 0 aromatic heterocycles. The minimum atomic E-state index is -0.224. The number of anilines is 1. The molecule has 1 N–H and O–H groups in total. The normalized spacial score (nSPS) is 10.3. The molecule has 0 radical (unpaired) electrons. The molecule has 0 spiro atoms. The predicted molar refractivity (Wildman–Crippen MR) is 92.4 cm³/mol. The molecule has 0 bridgehead atoms. The van der Waals surface area contributed by atoms with Gasteiger partial charge in [0.2, 0.25) is 0 Å². The van der Waals surface area contributed by atoms with Gasteiger partial charge >= 0.3 is 0 Å². The summed E-state index contributed by atoms with van der Waals surface area (Å²) in [6, 6.07) is 10.5. The molecule has 0 saturated carbocycles. The molecule has 3 nitrogen and oxygen atoms in total. The second-order valence-electron chi connectivity index (χ2n) is 4.16. The molecule has 2 aromatic rings. The maximum atomic E-state index is 12.3. The molecule has 0 atom stereocenters. The Hall–Kier alpha value is -1.04. The molecule has 2 aromatic carbocycles. The van der Waals surface area contributed by atoms with E-state index in [4.69, 9.17) is 16.3 Å². The van der Waals surface area contributed by atoms with E-state index in [-0.39, 0.29) is 5.91 Å². The van der Waals surface area contributed by atoms with Crippen molar-refractivity contribution in [3.8, 4) is 5.75 Å². The number of amides is 1. The molecular formula is C15H12Br2ClNO2. The second kappa shape index (κ2) is 7.29. The monoisotopic (exact) mass is 431 g/mol. The van der Waals surface area contributed by atoms with Crippen LogP contribution in [0.5, 0.6) is 5.75 Å². The summed E-state index contributed by atoms with van der Waals surface area (Å²) in [4.78, 5) is 12.3. The molecule has 0 aliphatic carbocycles. The van der Waals surface area contributed by atoms with Crippen LogP contribution in [0.25, 0.3) is 0 Å². The van der Waals surface area contributed by atoms with Crippen molar-refractivity contribution < 1.29 is 9.53 Å².